The van der Waals surface area contributed by atoms with Gasteiger partial charge in [-0.15, -0.1) is 0 Å². The van der Waals surface area contributed by atoms with Crippen molar-refractivity contribution in [2.75, 3.05) is 13.1 Å². The molecule has 1 aromatic carbocycles. The maximum atomic E-state index is 12.5. The van der Waals surface area contributed by atoms with Gasteiger partial charge < -0.3 is 4.90 Å². The molecule has 1 amide bonds. The molecule has 1 aliphatic heterocycles. The summed E-state index contributed by atoms with van der Waals surface area (Å²) in [4.78, 5) is 14.5. The van der Waals surface area contributed by atoms with E-state index in [2.05, 4.69) is 54.4 Å². The van der Waals surface area contributed by atoms with Crippen molar-refractivity contribution in [3.8, 4) is 0 Å². The average molecular weight is 335 g/mol. The molecule has 4 nitrogen and oxygen atoms in total. The van der Waals surface area contributed by atoms with Crippen LogP contribution in [-0.4, -0.2) is 34.1 Å². The lowest BCUT2D eigenvalue weighted by Crippen LogP contribution is -2.35. The minimum atomic E-state index is 0.183. The van der Waals surface area contributed by atoms with E-state index < -0.39 is 0 Å². The Balaban J connectivity index is 1.60. The summed E-state index contributed by atoms with van der Waals surface area (Å²) in [5.74, 6) is 0.697. The highest BCUT2D eigenvalue weighted by atomic mass is 16.2. The maximum Gasteiger partial charge on any atom is 0.227 e. The zero-order chi connectivity index (χ0) is 17.8. The number of carbonyl (C=O) groups excluding carboxylic acids is 1. The Morgan fingerprint density at radius 1 is 1.12 bits per heavy atom. The fraction of sp³-hybridized carbons (Fsp3) is 0.381. The van der Waals surface area contributed by atoms with E-state index in [1.165, 1.54) is 11.1 Å². The van der Waals surface area contributed by atoms with Crippen molar-refractivity contribution in [2.45, 2.75) is 39.5 Å². The Morgan fingerprint density at radius 2 is 1.88 bits per heavy atom. The first kappa shape index (κ1) is 17.3. The van der Waals surface area contributed by atoms with Gasteiger partial charge >= 0.3 is 0 Å². The van der Waals surface area contributed by atoms with Gasteiger partial charge in [0.05, 0.1) is 17.8 Å². The topological polar surface area (TPSA) is 46.1 Å². The number of carbonyl (C=O) groups is 1. The van der Waals surface area contributed by atoms with Gasteiger partial charge in [0.15, 0.2) is 0 Å². The molecule has 1 aliphatic rings. The second kappa shape index (κ2) is 7.60. The van der Waals surface area contributed by atoms with Crippen LogP contribution in [-0.2, 0) is 11.2 Å². The summed E-state index contributed by atoms with van der Waals surface area (Å²) in [6.45, 7) is 7.67. The van der Waals surface area contributed by atoms with E-state index >= 15 is 0 Å². The van der Waals surface area contributed by atoms with Gasteiger partial charge in [0, 0.05) is 13.1 Å². The molecule has 3 rings (SSSR count). The predicted molar refractivity (Wildman–Crippen MR) is 100 cm³/mol. The number of aromatic nitrogens is 2. The Bertz CT molecular complexity index is 761. The van der Waals surface area contributed by atoms with E-state index in [1.54, 1.807) is 0 Å². The molecule has 0 saturated heterocycles. The van der Waals surface area contributed by atoms with Crippen LogP contribution in [0.25, 0.3) is 5.57 Å². The molecule has 0 bridgehead atoms. The maximum absolute atomic E-state index is 12.5. The van der Waals surface area contributed by atoms with Crippen LogP contribution in [0.5, 0.6) is 0 Å². The molecule has 0 saturated carbocycles. The number of amides is 1. The summed E-state index contributed by atoms with van der Waals surface area (Å²) >= 11 is 0. The van der Waals surface area contributed by atoms with Crippen LogP contribution in [0.3, 0.4) is 0 Å². The monoisotopic (exact) mass is 335 g/mol. The van der Waals surface area contributed by atoms with Gasteiger partial charge in [-0.2, -0.15) is 10.2 Å². The summed E-state index contributed by atoms with van der Waals surface area (Å²) < 4.78 is 0. The number of hydrogen-bond acceptors (Lipinski definition) is 3. The summed E-state index contributed by atoms with van der Waals surface area (Å²) in [6.07, 6.45) is 3.39. The van der Waals surface area contributed by atoms with Crippen LogP contribution in [0.4, 0.5) is 0 Å². The van der Waals surface area contributed by atoms with Gasteiger partial charge in [-0.3, -0.25) is 4.79 Å². The smallest absolute Gasteiger partial charge is 0.227 e. The first-order valence-corrected chi connectivity index (χ1v) is 8.89. The summed E-state index contributed by atoms with van der Waals surface area (Å²) in [6, 6.07) is 12.4. The molecule has 0 radical (unpaired) electrons. The van der Waals surface area contributed by atoms with Crippen LogP contribution in [0, 0.1) is 6.92 Å². The molecule has 1 aromatic heterocycles. The van der Waals surface area contributed by atoms with Gasteiger partial charge in [-0.05, 0) is 48.1 Å². The molecule has 130 valence electrons. The first-order chi connectivity index (χ1) is 12.0. The molecule has 0 atom stereocenters. The van der Waals surface area contributed by atoms with Crippen molar-refractivity contribution in [3.63, 3.8) is 0 Å². The van der Waals surface area contributed by atoms with Crippen LogP contribution < -0.4 is 0 Å². The minimum absolute atomic E-state index is 0.183. The Kier molecular flexibility index (Phi) is 5.27. The van der Waals surface area contributed by atoms with Crippen LogP contribution in [0.1, 0.15) is 48.7 Å². The number of rotatable bonds is 4. The fourth-order valence-electron chi connectivity index (χ4n) is 3.01. The molecule has 0 aliphatic carbocycles. The SMILES string of the molecule is Cc1ccc(C2=CCN(C(=O)Cc3ccc(C(C)C)cc3)CC2)nn1. The second-order valence-electron chi connectivity index (χ2n) is 6.95. The molecule has 0 spiro atoms. The lowest BCUT2D eigenvalue weighted by Gasteiger charge is -2.26. The third-order valence-electron chi connectivity index (χ3n) is 4.69. The van der Waals surface area contributed by atoms with Crippen molar-refractivity contribution < 1.29 is 4.79 Å². The highest BCUT2D eigenvalue weighted by molar-refractivity contribution is 5.80. The lowest BCUT2D eigenvalue weighted by molar-refractivity contribution is -0.130. The van der Waals surface area contributed by atoms with Gasteiger partial charge in [0.25, 0.3) is 0 Å². The molecule has 0 fully saturated rings. The van der Waals surface area contributed by atoms with Gasteiger partial charge in [0.1, 0.15) is 0 Å². The third kappa shape index (κ3) is 4.32. The Morgan fingerprint density at radius 3 is 2.44 bits per heavy atom. The van der Waals surface area contributed by atoms with Gasteiger partial charge in [0.2, 0.25) is 5.91 Å². The zero-order valence-electron chi connectivity index (χ0n) is 15.2. The van der Waals surface area contributed by atoms with Gasteiger partial charge in [-0.25, -0.2) is 0 Å². The Labute approximate surface area is 149 Å². The third-order valence-corrected chi connectivity index (χ3v) is 4.69. The Hall–Kier alpha value is -2.49. The van der Waals surface area contributed by atoms with Crippen LogP contribution >= 0.6 is 0 Å². The molecule has 0 N–H and O–H groups in total. The number of benzene rings is 1. The van der Waals surface area contributed by atoms with E-state index in [0.29, 0.717) is 18.9 Å². The highest BCUT2D eigenvalue weighted by Gasteiger charge is 2.18. The fourth-order valence-corrected chi connectivity index (χ4v) is 3.01. The number of hydrogen-bond donors (Lipinski definition) is 0. The van der Waals surface area contributed by atoms with E-state index in [4.69, 9.17) is 0 Å². The number of aryl methyl sites for hydroxylation is 1. The van der Waals surface area contributed by atoms with Crippen molar-refractivity contribution in [1.29, 1.82) is 0 Å². The zero-order valence-corrected chi connectivity index (χ0v) is 15.2. The van der Waals surface area contributed by atoms with Crippen molar-refractivity contribution in [3.05, 3.63) is 65.0 Å². The summed E-state index contributed by atoms with van der Waals surface area (Å²) in [7, 11) is 0. The normalized spacial score (nSPS) is 14.6. The minimum Gasteiger partial charge on any atom is -0.338 e. The predicted octanol–water partition coefficient (Wildman–Crippen LogP) is 3.77. The standard InChI is InChI=1S/C21H25N3O/c1-15(2)18-7-5-17(6-8-18)14-21(25)24-12-10-19(11-13-24)20-9-4-16(3)22-23-20/h4-10,15H,11-14H2,1-3H3. The largest absolute Gasteiger partial charge is 0.338 e. The highest BCUT2D eigenvalue weighted by Crippen LogP contribution is 2.21. The van der Waals surface area contributed by atoms with E-state index in [9.17, 15) is 4.79 Å². The average Bonchev–Trinajstić information content (AvgIpc) is 2.63. The number of nitrogens with zero attached hydrogens (tertiary/aromatic N) is 3. The molecule has 4 heteroatoms. The van der Waals surface area contributed by atoms with E-state index in [1.807, 2.05) is 24.0 Å². The van der Waals surface area contributed by atoms with Gasteiger partial charge in [-0.1, -0.05) is 44.2 Å². The molecule has 2 heterocycles. The van der Waals surface area contributed by atoms with Crippen LogP contribution in [0.2, 0.25) is 0 Å². The molecular formula is C21H25N3O. The summed E-state index contributed by atoms with van der Waals surface area (Å²) in [5, 5.41) is 8.35. The molecule has 2 aromatic rings. The quantitative estimate of drug-likeness (QED) is 0.854. The van der Waals surface area contributed by atoms with Crippen molar-refractivity contribution in [2.24, 2.45) is 0 Å². The van der Waals surface area contributed by atoms with Crippen molar-refractivity contribution in [1.82, 2.24) is 15.1 Å². The van der Waals surface area contributed by atoms with Crippen molar-refractivity contribution >= 4 is 11.5 Å². The molecular weight excluding hydrogens is 310 g/mol. The summed E-state index contributed by atoms with van der Waals surface area (Å²) in [5.41, 5.74) is 5.40. The van der Waals surface area contributed by atoms with E-state index in [-0.39, 0.29) is 5.91 Å². The first-order valence-electron chi connectivity index (χ1n) is 8.89. The molecule has 0 unspecified atom stereocenters. The van der Waals surface area contributed by atoms with E-state index in [0.717, 1.165) is 29.9 Å². The molecule has 25 heavy (non-hydrogen) atoms. The second-order valence-corrected chi connectivity index (χ2v) is 6.95. The van der Waals surface area contributed by atoms with Crippen LogP contribution in [0.15, 0.2) is 42.5 Å². The lowest BCUT2D eigenvalue weighted by atomic mass is 10.00.